The summed E-state index contributed by atoms with van der Waals surface area (Å²) in [6.07, 6.45) is 1.56. The fraction of sp³-hybridized carbons (Fsp3) is 0.125. The van der Waals surface area contributed by atoms with Crippen molar-refractivity contribution in [2.45, 2.75) is 18.4 Å². The molecular weight excluding hydrogens is 368 g/mol. The highest BCUT2D eigenvalue weighted by Gasteiger charge is 2.26. The molecule has 0 bridgehead atoms. The van der Waals surface area contributed by atoms with Crippen LogP contribution in [-0.2, 0) is 16.6 Å². The van der Waals surface area contributed by atoms with Crippen molar-refractivity contribution in [1.29, 1.82) is 0 Å². The summed E-state index contributed by atoms with van der Waals surface area (Å²) in [5.74, 6) is -2.76. The standard InChI is InChI=1S/C16H13F2N3O4S/c1-8-10(3-2-4-20-8)15-14(13(7-22)25-21-15)9-5-11(17)16(12(18)6-9)26(19,23)24/h2-6,22H,7H2,1H3,(H2,19,23,24). The summed E-state index contributed by atoms with van der Waals surface area (Å²) in [6.45, 7) is 1.12. The molecule has 7 nitrogen and oxygen atoms in total. The lowest BCUT2D eigenvalue weighted by atomic mass is 9.98. The van der Waals surface area contributed by atoms with Gasteiger partial charge in [0.1, 0.15) is 23.9 Å². The largest absolute Gasteiger partial charge is 0.388 e. The van der Waals surface area contributed by atoms with Crippen molar-refractivity contribution in [3.63, 3.8) is 0 Å². The van der Waals surface area contributed by atoms with Crippen LogP contribution in [0.15, 0.2) is 39.9 Å². The highest BCUT2D eigenvalue weighted by Crippen LogP contribution is 2.37. The summed E-state index contributed by atoms with van der Waals surface area (Å²) in [5, 5.41) is 18.2. The first kappa shape index (κ1) is 18.1. The maximum absolute atomic E-state index is 14.2. The second-order valence-electron chi connectivity index (χ2n) is 5.44. The van der Waals surface area contributed by atoms with Gasteiger partial charge in [0.25, 0.3) is 0 Å². The number of halogens is 2. The van der Waals surface area contributed by atoms with Crippen LogP contribution >= 0.6 is 0 Å². The molecule has 10 heteroatoms. The van der Waals surface area contributed by atoms with E-state index in [4.69, 9.17) is 9.66 Å². The quantitative estimate of drug-likeness (QED) is 0.714. The van der Waals surface area contributed by atoms with Gasteiger partial charge in [0.15, 0.2) is 10.7 Å². The van der Waals surface area contributed by atoms with E-state index in [0.717, 1.165) is 12.1 Å². The van der Waals surface area contributed by atoms with Crippen molar-refractivity contribution in [2.24, 2.45) is 5.14 Å². The summed E-state index contributed by atoms with van der Waals surface area (Å²) in [5.41, 5.74) is 1.39. The van der Waals surface area contributed by atoms with Crippen LogP contribution in [0.1, 0.15) is 11.5 Å². The number of aliphatic hydroxyl groups is 1. The highest BCUT2D eigenvalue weighted by molar-refractivity contribution is 7.89. The number of nitrogens with zero attached hydrogens (tertiary/aromatic N) is 2. The fourth-order valence-electron chi connectivity index (χ4n) is 2.62. The molecule has 0 saturated heterocycles. The number of benzene rings is 1. The summed E-state index contributed by atoms with van der Waals surface area (Å²) >= 11 is 0. The first-order valence-corrected chi connectivity index (χ1v) is 8.82. The Morgan fingerprint density at radius 3 is 2.46 bits per heavy atom. The second-order valence-corrected chi connectivity index (χ2v) is 6.94. The van der Waals surface area contributed by atoms with Crippen LogP contribution in [0.5, 0.6) is 0 Å². The van der Waals surface area contributed by atoms with Gasteiger partial charge in [-0.1, -0.05) is 5.16 Å². The number of aryl methyl sites for hydroxylation is 1. The number of hydrogen-bond acceptors (Lipinski definition) is 6. The van der Waals surface area contributed by atoms with Gasteiger partial charge in [-0.05, 0) is 36.8 Å². The van der Waals surface area contributed by atoms with Crippen molar-refractivity contribution in [3.05, 3.63) is 53.6 Å². The number of aromatic nitrogens is 2. The van der Waals surface area contributed by atoms with Crippen LogP contribution in [0.3, 0.4) is 0 Å². The fourth-order valence-corrected chi connectivity index (χ4v) is 3.29. The molecule has 0 unspecified atom stereocenters. The van der Waals surface area contributed by atoms with Gasteiger partial charge in [0.2, 0.25) is 10.0 Å². The Kier molecular flexibility index (Phi) is 4.57. The second kappa shape index (κ2) is 6.56. The zero-order valence-corrected chi connectivity index (χ0v) is 14.2. The first-order valence-electron chi connectivity index (χ1n) is 7.27. The molecule has 0 amide bonds. The maximum Gasteiger partial charge on any atom is 0.243 e. The molecule has 2 heterocycles. The van der Waals surface area contributed by atoms with Crippen molar-refractivity contribution < 1.29 is 26.8 Å². The molecule has 2 aromatic heterocycles. The molecule has 0 fully saturated rings. The monoisotopic (exact) mass is 381 g/mol. The zero-order chi connectivity index (χ0) is 19.1. The normalized spacial score (nSPS) is 11.7. The van der Waals surface area contributed by atoms with Crippen LogP contribution in [0.2, 0.25) is 0 Å². The lowest BCUT2D eigenvalue weighted by Crippen LogP contribution is -2.16. The molecule has 136 valence electrons. The summed E-state index contributed by atoms with van der Waals surface area (Å²) in [7, 11) is -4.58. The van der Waals surface area contributed by atoms with Crippen molar-refractivity contribution >= 4 is 10.0 Å². The van der Waals surface area contributed by atoms with Gasteiger partial charge in [-0.2, -0.15) is 0 Å². The smallest absolute Gasteiger partial charge is 0.243 e. The Morgan fingerprint density at radius 2 is 1.92 bits per heavy atom. The van der Waals surface area contributed by atoms with E-state index in [1.165, 1.54) is 0 Å². The Labute approximate surface area is 147 Å². The molecule has 3 N–H and O–H groups in total. The molecular formula is C16H13F2N3O4S. The van der Waals surface area contributed by atoms with E-state index in [-0.39, 0.29) is 22.6 Å². The summed E-state index contributed by atoms with van der Waals surface area (Å²) in [4.78, 5) is 2.88. The Balaban J connectivity index is 2.29. The average Bonchev–Trinajstić information content (AvgIpc) is 2.97. The lowest BCUT2D eigenvalue weighted by Gasteiger charge is -2.08. The lowest BCUT2D eigenvalue weighted by molar-refractivity contribution is 0.230. The molecule has 0 radical (unpaired) electrons. The third-order valence-electron chi connectivity index (χ3n) is 3.74. The van der Waals surface area contributed by atoms with Crippen LogP contribution in [-0.4, -0.2) is 23.7 Å². The minimum absolute atomic E-state index is 0.0367. The Hall–Kier alpha value is -2.69. The number of rotatable bonds is 4. The zero-order valence-electron chi connectivity index (χ0n) is 13.4. The maximum atomic E-state index is 14.2. The molecule has 0 aliphatic carbocycles. The van der Waals surface area contributed by atoms with Gasteiger partial charge in [0, 0.05) is 17.5 Å². The molecule has 26 heavy (non-hydrogen) atoms. The van der Waals surface area contributed by atoms with Crippen molar-refractivity contribution in [3.8, 4) is 22.4 Å². The van der Waals surface area contributed by atoms with Crippen molar-refractivity contribution in [1.82, 2.24) is 10.1 Å². The van der Waals surface area contributed by atoms with Crippen LogP contribution in [0.25, 0.3) is 22.4 Å². The highest BCUT2D eigenvalue weighted by atomic mass is 32.2. The molecule has 0 aliphatic rings. The first-order chi connectivity index (χ1) is 12.2. The van der Waals surface area contributed by atoms with Gasteiger partial charge in [0.05, 0.1) is 5.56 Å². The number of primary sulfonamides is 1. The molecule has 0 aliphatic heterocycles. The van der Waals surface area contributed by atoms with Gasteiger partial charge in [-0.3, -0.25) is 4.98 Å². The molecule has 3 rings (SSSR count). The van der Waals surface area contributed by atoms with E-state index in [0.29, 0.717) is 11.3 Å². The van der Waals surface area contributed by atoms with E-state index in [9.17, 15) is 22.3 Å². The van der Waals surface area contributed by atoms with E-state index in [1.807, 2.05) is 0 Å². The van der Waals surface area contributed by atoms with E-state index in [1.54, 1.807) is 25.3 Å². The van der Waals surface area contributed by atoms with E-state index in [2.05, 4.69) is 10.1 Å². The van der Waals surface area contributed by atoms with Crippen LogP contribution in [0.4, 0.5) is 8.78 Å². The predicted molar refractivity (Wildman–Crippen MR) is 87.1 cm³/mol. The minimum Gasteiger partial charge on any atom is -0.388 e. The average molecular weight is 381 g/mol. The summed E-state index contributed by atoms with van der Waals surface area (Å²) in [6, 6.07) is 4.91. The number of hydrogen-bond donors (Lipinski definition) is 2. The van der Waals surface area contributed by atoms with Crippen molar-refractivity contribution in [2.75, 3.05) is 0 Å². The van der Waals surface area contributed by atoms with Crippen LogP contribution < -0.4 is 5.14 Å². The SMILES string of the molecule is Cc1ncccc1-c1noc(CO)c1-c1cc(F)c(S(N)(=O)=O)c(F)c1. The summed E-state index contributed by atoms with van der Waals surface area (Å²) < 4.78 is 56.2. The predicted octanol–water partition coefficient (Wildman–Crippen LogP) is 2.13. The van der Waals surface area contributed by atoms with Gasteiger partial charge < -0.3 is 9.63 Å². The number of nitrogens with two attached hydrogens (primary N) is 1. The molecule has 1 aromatic carbocycles. The van der Waals surface area contributed by atoms with Gasteiger partial charge >= 0.3 is 0 Å². The molecule has 0 saturated carbocycles. The Morgan fingerprint density at radius 1 is 1.27 bits per heavy atom. The van der Waals surface area contributed by atoms with Crippen LogP contribution in [0, 0.1) is 18.6 Å². The minimum atomic E-state index is -4.58. The molecule has 0 spiro atoms. The van der Waals surface area contributed by atoms with Gasteiger partial charge in [-0.15, -0.1) is 0 Å². The van der Waals surface area contributed by atoms with Gasteiger partial charge in [-0.25, -0.2) is 22.3 Å². The number of aliphatic hydroxyl groups excluding tert-OH is 1. The Bertz CT molecular complexity index is 1070. The van der Waals surface area contributed by atoms with E-state index < -0.39 is 33.2 Å². The third-order valence-corrected chi connectivity index (χ3v) is 4.70. The number of pyridine rings is 1. The van der Waals surface area contributed by atoms with E-state index >= 15 is 0 Å². The number of sulfonamides is 1. The topological polar surface area (TPSA) is 119 Å². The molecule has 0 atom stereocenters. The molecule has 3 aromatic rings. The third kappa shape index (κ3) is 3.09.